The Morgan fingerprint density at radius 2 is 2.08 bits per heavy atom. The number of amides is 2. The molecule has 0 aliphatic carbocycles. The summed E-state index contributed by atoms with van der Waals surface area (Å²) in [6.07, 6.45) is 6.70. The number of likely N-dealkylation sites (tertiary alicyclic amines) is 1. The van der Waals surface area contributed by atoms with E-state index in [0.29, 0.717) is 6.04 Å². The number of fused-ring (bicyclic) bond motifs is 1. The Kier molecular flexibility index (Phi) is 4.40. The molecule has 2 aliphatic rings. The number of urea groups is 1. The highest BCUT2D eigenvalue weighted by Gasteiger charge is 2.43. The van der Waals surface area contributed by atoms with E-state index in [1.54, 1.807) is 12.4 Å². The number of rotatable bonds is 4. The van der Waals surface area contributed by atoms with Gasteiger partial charge in [-0.25, -0.2) is 4.79 Å². The Hall–Kier alpha value is -2.41. The van der Waals surface area contributed by atoms with Crippen LogP contribution in [-0.2, 0) is 13.6 Å². The van der Waals surface area contributed by atoms with Gasteiger partial charge in [-0.05, 0) is 32.4 Å². The summed E-state index contributed by atoms with van der Waals surface area (Å²) >= 11 is 0. The first kappa shape index (κ1) is 17.0. The van der Waals surface area contributed by atoms with Crippen LogP contribution in [0, 0.1) is 0 Å². The van der Waals surface area contributed by atoms with Crippen molar-refractivity contribution < 1.29 is 4.79 Å². The molecule has 2 atom stereocenters. The fraction of sp³-hybridized carbons (Fsp3) is 0.526. The van der Waals surface area contributed by atoms with Crippen molar-refractivity contribution in [1.82, 2.24) is 29.9 Å². The third-order valence-electron chi connectivity index (χ3n) is 5.37. The van der Waals surface area contributed by atoms with E-state index in [0.717, 1.165) is 37.3 Å². The lowest BCUT2D eigenvalue weighted by atomic mass is 9.98. The number of nitrogens with zero attached hydrogens (tertiary/aromatic N) is 5. The van der Waals surface area contributed by atoms with Crippen LogP contribution in [0.1, 0.15) is 25.8 Å². The molecule has 0 radical (unpaired) electrons. The predicted octanol–water partition coefficient (Wildman–Crippen LogP) is 1.86. The SMILES string of the molecule is CC(C)N1C(=O)N[C@@H]2CN(Cc3cn(C)nc3-c3ccncc3)CC[C@@H]21. The second kappa shape index (κ2) is 6.72. The van der Waals surface area contributed by atoms with Gasteiger partial charge in [0.25, 0.3) is 0 Å². The maximum atomic E-state index is 12.3. The van der Waals surface area contributed by atoms with Crippen molar-refractivity contribution in [3.05, 3.63) is 36.3 Å². The zero-order chi connectivity index (χ0) is 18.3. The molecule has 2 saturated heterocycles. The van der Waals surface area contributed by atoms with Gasteiger partial charge in [0, 0.05) is 62.4 Å². The Bertz CT molecular complexity index is 787. The van der Waals surface area contributed by atoms with Crippen LogP contribution in [0.2, 0.25) is 0 Å². The van der Waals surface area contributed by atoms with Gasteiger partial charge in [0.15, 0.2) is 0 Å². The number of hydrogen-bond acceptors (Lipinski definition) is 4. The highest BCUT2D eigenvalue weighted by molar-refractivity contribution is 5.78. The van der Waals surface area contributed by atoms with Crippen molar-refractivity contribution in [2.75, 3.05) is 13.1 Å². The van der Waals surface area contributed by atoms with Crippen LogP contribution in [0.15, 0.2) is 30.7 Å². The highest BCUT2D eigenvalue weighted by atomic mass is 16.2. The van der Waals surface area contributed by atoms with E-state index in [2.05, 4.69) is 40.3 Å². The van der Waals surface area contributed by atoms with Gasteiger partial charge < -0.3 is 10.2 Å². The Morgan fingerprint density at radius 1 is 1.31 bits per heavy atom. The molecule has 2 amide bonds. The van der Waals surface area contributed by atoms with E-state index >= 15 is 0 Å². The minimum absolute atomic E-state index is 0.0794. The smallest absolute Gasteiger partial charge is 0.318 e. The lowest BCUT2D eigenvalue weighted by Crippen LogP contribution is -2.51. The second-order valence-electron chi connectivity index (χ2n) is 7.56. The van der Waals surface area contributed by atoms with E-state index < -0.39 is 0 Å². The molecular formula is C19H26N6O. The van der Waals surface area contributed by atoms with E-state index in [4.69, 9.17) is 0 Å². The third-order valence-corrected chi connectivity index (χ3v) is 5.37. The van der Waals surface area contributed by atoms with Gasteiger partial charge in [0.1, 0.15) is 0 Å². The molecule has 7 heteroatoms. The zero-order valence-corrected chi connectivity index (χ0v) is 15.6. The fourth-order valence-corrected chi connectivity index (χ4v) is 4.27. The molecule has 0 spiro atoms. The first-order chi connectivity index (χ1) is 12.5. The zero-order valence-electron chi connectivity index (χ0n) is 15.6. The summed E-state index contributed by atoms with van der Waals surface area (Å²) in [5, 5.41) is 7.82. The summed E-state index contributed by atoms with van der Waals surface area (Å²) in [4.78, 5) is 20.8. The minimum Gasteiger partial charge on any atom is -0.332 e. The molecule has 2 aromatic rings. The summed E-state index contributed by atoms with van der Waals surface area (Å²) in [5.41, 5.74) is 3.31. The third kappa shape index (κ3) is 3.07. The summed E-state index contributed by atoms with van der Waals surface area (Å²) in [5.74, 6) is 0. The monoisotopic (exact) mass is 354 g/mol. The lowest BCUT2D eigenvalue weighted by molar-refractivity contribution is 0.122. The van der Waals surface area contributed by atoms with E-state index in [-0.39, 0.29) is 18.1 Å². The van der Waals surface area contributed by atoms with Crippen LogP contribution >= 0.6 is 0 Å². The van der Waals surface area contributed by atoms with Gasteiger partial charge >= 0.3 is 6.03 Å². The fourth-order valence-electron chi connectivity index (χ4n) is 4.27. The molecule has 0 saturated carbocycles. The van der Waals surface area contributed by atoms with Crippen LogP contribution in [0.25, 0.3) is 11.3 Å². The maximum absolute atomic E-state index is 12.3. The van der Waals surface area contributed by atoms with Gasteiger partial charge in [-0.2, -0.15) is 5.10 Å². The minimum atomic E-state index is 0.0794. The number of hydrogen-bond donors (Lipinski definition) is 1. The Labute approximate surface area is 154 Å². The first-order valence-corrected chi connectivity index (χ1v) is 9.27. The molecule has 26 heavy (non-hydrogen) atoms. The number of aromatic nitrogens is 3. The van der Waals surface area contributed by atoms with Gasteiger partial charge in [0.05, 0.1) is 17.8 Å². The van der Waals surface area contributed by atoms with Crippen LogP contribution in [0.3, 0.4) is 0 Å². The second-order valence-corrected chi connectivity index (χ2v) is 7.56. The number of aryl methyl sites for hydroxylation is 1. The van der Waals surface area contributed by atoms with Gasteiger partial charge in [-0.3, -0.25) is 14.6 Å². The first-order valence-electron chi connectivity index (χ1n) is 9.27. The molecule has 4 rings (SSSR count). The lowest BCUT2D eigenvalue weighted by Gasteiger charge is -2.37. The summed E-state index contributed by atoms with van der Waals surface area (Å²) in [7, 11) is 1.96. The van der Waals surface area contributed by atoms with Crippen molar-refractivity contribution in [3.63, 3.8) is 0 Å². The van der Waals surface area contributed by atoms with Crippen LogP contribution in [0.5, 0.6) is 0 Å². The van der Waals surface area contributed by atoms with E-state index in [9.17, 15) is 4.79 Å². The molecule has 2 fully saturated rings. The molecular weight excluding hydrogens is 328 g/mol. The summed E-state index contributed by atoms with van der Waals surface area (Å²) in [6, 6.07) is 4.84. The standard InChI is InChI=1S/C19H26N6O/c1-13(2)25-17-6-9-24(12-16(17)21-19(25)26)11-15-10-23(3)22-18(15)14-4-7-20-8-5-14/h4-5,7-8,10,13,16-17H,6,9,11-12H2,1-3H3,(H,21,26)/t16-,17+/m1/s1. The van der Waals surface area contributed by atoms with Crippen LogP contribution < -0.4 is 5.32 Å². The van der Waals surface area contributed by atoms with Crippen LogP contribution in [0.4, 0.5) is 4.79 Å². The molecule has 138 valence electrons. The van der Waals surface area contributed by atoms with Crippen molar-refractivity contribution in [2.24, 2.45) is 7.05 Å². The molecule has 1 N–H and O–H groups in total. The van der Waals surface area contributed by atoms with Gasteiger partial charge in [-0.1, -0.05) is 0 Å². The number of carbonyl (C=O) groups is 1. The quantitative estimate of drug-likeness (QED) is 0.910. The van der Waals surface area contributed by atoms with Crippen molar-refractivity contribution in [3.8, 4) is 11.3 Å². The number of carbonyl (C=O) groups excluding carboxylic acids is 1. The molecule has 7 nitrogen and oxygen atoms in total. The average molecular weight is 354 g/mol. The van der Waals surface area contributed by atoms with Gasteiger partial charge in [-0.15, -0.1) is 0 Å². The number of pyridine rings is 1. The largest absolute Gasteiger partial charge is 0.332 e. The van der Waals surface area contributed by atoms with Crippen molar-refractivity contribution in [1.29, 1.82) is 0 Å². The van der Waals surface area contributed by atoms with E-state index in [1.165, 1.54) is 5.56 Å². The normalized spacial score (nSPS) is 23.4. The molecule has 2 aliphatic heterocycles. The molecule has 0 unspecified atom stereocenters. The maximum Gasteiger partial charge on any atom is 0.318 e. The summed E-state index contributed by atoms with van der Waals surface area (Å²) < 4.78 is 1.87. The van der Waals surface area contributed by atoms with Crippen LogP contribution in [-0.4, -0.2) is 61.8 Å². The molecule has 0 aromatic carbocycles. The highest BCUT2D eigenvalue weighted by Crippen LogP contribution is 2.28. The van der Waals surface area contributed by atoms with Gasteiger partial charge in [0.2, 0.25) is 0 Å². The van der Waals surface area contributed by atoms with Crippen molar-refractivity contribution in [2.45, 2.75) is 44.9 Å². The number of piperidine rings is 1. The predicted molar refractivity (Wildman–Crippen MR) is 99.4 cm³/mol. The Morgan fingerprint density at radius 3 is 2.81 bits per heavy atom. The van der Waals surface area contributed by atoms with E-state index in [1.807, 2.05) is 28.8 Å². The average Bonchev–Trinajstić information content (AvgIpc) is 3.14. The molecule has 4 heterocycles. The Balaban J connectivity index is 1.50. The summed E-state index contributed by atoms with van der Waals surface area (Å²) in [6.45, 7) is 6.89. The number of nitrogens with one attached hydrogen (secondary N) is 1. The topological polar surface area (TPSA) is 66.3 Å². The van der Waals surface area contributed by atoms with Crippen molar-refractivity contribution >= 4 is 6.03 Å². The molecule has 0 bridgehead atoms. The molecule has 2 aromatic heterocycles.